The Morgan fingerprint density at radius 1 is 1.33 bits per heavy atom. The van der Waals surface area contributed by atoms with Gasteiger partial charge in [0.2, 0.25) is 0 Å². The van der Waals surface area contributed by atoms with Gasteiger partial charge >= 0.3 is 6.18 Å². The number of nitrogens with zero attached hydrogens (tertiary/aromatic N) is 1. The molecule has 0 saturated heterocycles. The summed E-state index contributed by atoms with van der Waals surface area (Å²) in [5, 5.41) is 0. The molecular formula is C7H4BrF5N2. The van der Waals surface area contributed by atoms with Crippen LogP contribution in [0.1, 0.15) is 17.7 Å². The van der Waals surface area contributed by atoms with Crippen LogP contribution in [0.15, 0.2) is 10.5 Å². The molecule has 0 aromatic carbocycles. The van der Waals surface area contributed by atoms with Crippen molar-refractivity contribution in [1.82, 2.24) is 4.98 Å². The average Bonchev–Trinajstić information content (AvgIpc) is 2.06. The molecule has 1 aromatic heterocycles. The molecular weight excluding hydrogens is 287 g/mol. The minimum atomic E-state index is -4.94. The highest BCUT2D eigenvalue weighted by atomic mass is 79.9. The number of halogens is 6. The van der Waals surface area contributed by atoms with Crippen LogP contribution >= 0.6 is 15.9 Å². The molecule has 0 unspecified atom stereocenters. The Kier molecular flexibility index (Phi) is 3.17. The number of alkyl halides is 5. The number of hydrogen-bond acceptors (Lipinski definition) is 2. The van der Waals surface area contributed by atoms with Gasteiger partial charge in [-0.2, -0.15) is 13.2 Å². The summed E-state index contributed by atoms with van der Waals surface area (Å²) in [6.07, 6.45) is -8.20. The molecule has 0 aliphatic heterocycles. The standard InChI is InChI=1S/C7H4BrF5N2/c8-3-1-2(5(9)10)4(7(11,12)13)15-6(3)14/h1,5H,(H2,14,15). The fraction of sp³-hybridized carbons (Fsp3) is 0.286. The van der Waals surface area contributed by atoms with E-state index in [9.17, 15) is 22.0 Å². The molecule has 0 bridgehead atoms. The lowest BCUT2D eigenvalue weighted by atomic mass is 10.2. The molecule has 0 radical (unpaired) electrons. The summed E-state index contributed by atoms with van der Waals surface area (Å²) in [6.45, 7) is 0. The van der Waals surface area contributed by atoms with E-state index >= 15 is 0 Å². The lowest BCUT2D eigenvalue weighted by Crippen LogP contribution is -2.14. The van der Waals surface area contributed by atoms with Crippen molar-refractivity contribution in [3.63, 3.8) is 0 Å². The van der Waals surface area contributed by atoms with Gasteiger partial charge in [-0.25, -0.2) is 13.8 Å². The van der Waals surface area contributed by atoms with Crippen molar-refractivity contribution >= 4 is 21.7 Å². The van der Waals surface area contributed by atoms with Crippen molar-refractivity contribution in [2.45, 2.75) is 12.6 Å². The van der Waals surface area contributed by atoms with Gasteiger partial charge < -0.3 is 5.73 Å². The number of nitrogens with two attached hydrogens (primary N) is 1. The molecule has 0 saturated carbocycles. The van der Waals surface area contributed by atoms with E-state index in [1.54, 1.807) is 0 Å². The Hall–Kier alpha value is -0.920. The number of pyridine rings is 1. The third kappa shape index (κ3) is 2.55. The third-order valence-electron chi connectivity index (χ3n) is 1.54. The smallest absolute Gasteiger partial charge is 0.383 e. The van der Waals surface area contributed by atoms with Crippen LogP contribution in [0.4, 0.5) is 27.8 Å². The van der Waals surface area contributed by atoms with Crippen molar-refractivity contribution in [2.24, 2.45) is 0 Å². The van der Waals surface area contributed by atoms with E-state index in [2.05, 4.69) is 20.9 Å². The number of rotatable bonds is 1. The van der Waals surface area contributed by atoms with Gasteiger partial charge in [-0.05, 0) is 22.0 Å². The van der Waals surface area contributed by atoms with Crippen molar-refractivity contribution in [3.05, 3.63) is 21.8 Å². The Labute approximate surface area is 89.4 Å². The molecule has 1 heterocycles. The predicted molar refractivity (Wildman–Crippen MR) is 46.3 cm³/mol. The molecule has 8 heteroatoms. The number of aromatic nitrogens is 1. The lowest BCUT2D eigenvalue weighted by molar-refractivity contribution is -0.143. The molecule has 0 atom stereocenters. The van der Waals surface area contributed by atoms with Crippen LogP contribution in [0.25, 0.3) is 0 Å². The van der Waals surface area contributed by atoms with Crippen LogP contribution in [-0.2, 0) is 6.18 Å². The average molecular weight is 291 g/mol. The zero-order chi connectivity index (χ0) is 11.8. The van der Waals surface area contributed by atoms with Gasteiger partial charge in [-0.1, -0.05) is 0 Å². The van der Waals surface area contributed by atoms with Crippen LogP contribution < -0.4 is 5.73 Å². The highest BCUT2D eigenvalue weighted by Gasteiger charge is 2.38. The SMILES string of the molecule is Nc1nc(C(F)(F)F)c(C(F)F)cc1Br. The monoisotopic (exact) mass is 290 g/mol. The molecule has 15 heavy (non-hydrogen) atoms. The molecule has 84 valence electrons. The summed E-state index contributed by atoms with van der Waals surface area (Å²) < 4.78 is 61.2. The normalized spacial score (nSPS) is 12.2. The van der Waals surface area contributed by atoms with Crippen LogP contribution in [0.2, 0.25) is 0 Å². The highest BCUT2D eigenvalue weighted by molar-refractivity contribution is 9.10. The van der Waals surface area contributed by atoms with Gasteiger partial charge in [0, 0.05) is 5.56 Å². The first kappa shape index (κ1) is 12.2. The highest BCUT2D eigenvalue weighted by Crippen LogP contribution is 2.37. The maximum absolute atomic E-state index is 12.3. The summed E-state index contributed by atoms with van der Waals surface area (Å²) in [5.74, 6) is -0.480. The molecule has 1 aromatic rings. The van der Waals surface area contributed by atoms with Crippen LogP contribution in [0.3, 0.4) is 0 Å². The topological polar surface area (TPSA) is 38.9 Å². The first-order chi connectivity index (χ1) is 6.73. The van der Waals surface area contributed by atoms with Crippen molar-refractivity contribution in [1.29, 1.82) is 0 Å². The number of hydrogen-bond donors (Lipinski definition) is 1. The largest absolute Gasteiger partial charge is 0.433 e. The summed E-state index contributed by atoms with van der Waals surface area (Å²) >= 11 is 2.73. The van der Waals surface area contributed by atoms with Crippen LogP contribution in [-0.4, -0.2) is 4.98 Å². The minimum absolute atomic E-state index is 0.0919. The Bertz CT molecular complexity index is 376. The Morgan fingerprint density at radius 3 is 2.27 bits per heavy atom. The summed E-state index contributed by atoms with van der Waals surface area (Å²) in [4.78, 5) is 2.89. The van der Waals surface area contributed by atoms with E-state index in [1.807, 2.05) is 0 Å². The maximum Gasteiger partial charge on any atom is 0.433 e. The number of anilines is 1. The number of nitrogen functional groups attached to an aromatic ring is 1. The third-order valence-corrected chi connectivity index (χ3v) is 2.17. The molecule has 1 rings (SSSR count). The zero-order valence-corrected chi connectivity index (χ0v) is 8.53. The van der Waals surface area contributed by atoms with E-state index < -0.39 is 29.7 Å². The molecule has 2 N–H and O–H groups in total. The van der Waals surface area contributed by atoms with Gasteiger partial charge in [-0.3, -0.25) is 0 Å². The van der Waals surface area contributed by atoms with E-state index in [-0.39, 0.29) is 4.47 Å². The molecule has 2 nitrogen and oxygen atoms in total. The molecule has 0 aliphatic carbocycles. The predicted octanol–water partition coefficient (Wildman–Crippen LogP) is 3.38. The van der Waals surface area contributed by atoms with Crippen molar-refractivity contribution < 1.29 is 22.0 Å². The van der Waals surface area contributed by atoms with Gasteiger partial charge in [0.25, 0.3) is 6.43 Å². The van der Waals surface area contributed by atoms with Gasteiger partial charge in [0.15, 0.2) is 5.69 Å². The van der Waals surface area contributed by atoms with Gasteiger partial charge in [-0.15, -0.1) is 0 Å². The van der Waals surface area contributed by atoms with Crippen molar-refractivity contribution in [2.75, 3.05) is 5.73 Å². The van der Waals surface area contributed by atoms with Crippen LogP contribution in [0.5, 0.6) is 0 Å². The fourth-order valence-corrected chi connectivity index (χ4v) is 1.25. The second-order valence-electron chi connectivity index (χ2n) is 2.59. The second kappa shape index (κ2) is 3.92. The van der Waals surface area contributed by atoms with E-state index in [4.69, 9.17) is 5.73 Å². The molecule has 0 fully saturated rings. The fourth-order valence-electron chi connectivity index (χ4n) is 0.911. The van der Waals surface area contributed by atoms with E-state index in [0.717, 1.165) is 0 Å². The quantitative estimate of drug-likeness (QED) is 0.805. The van der Waals surface area contributed by atoms with Crippen LogP contribution in [0, 0.1) is 0 Å². The minimum Gasteiger partial charge on any atom is -0.383 e. The van der Waals surface area contributed by atoms with Crippen molar-refractivity contribution in [3.8, 4) is 0 Å². The van der Waals surface area contributed by atoms with E-state index in [1.165, 1.54) is 0 Å². The first-order valence-corrected chi connectivity index (χ1v) is 4.34. The van der Waals surface area contributed by atoms with Gasteiger partial charge in [0.1, 0.15) is 5.82 Å². The second-order valence-corrected chi connectivity index (χ2v) is 3.45. The van der Waals surface area contributed by atoms with E-state index in [0.29, 0.717) is 6.07 Å². The molecule has 0 aliphatic rings. The van der Waals surface area contributed by atoms with Gasteiger partial charge in [0.05, 0.1) is 4.47 Å². The lowest BCUT2D eigenvalue weighted by Gasteiger charge is -2.12. The Morgan fingerprint density at radius 2 is 1.87 bits per heavy atom. The summed E-state index contributed by atoms with van der Waals surface area (Å²) in [7, 11) is 0. The maximum atomic E-state index is 12.3. The summed E-state index contributed by atoms with van der Waals surface area (Å²) in [5.41, 5.74) is 2.24. The zero-order valence-electron chi connectivity index (χ0n) is 6.95. The molecule has 0 amide bonds. The molecule has 0 spiro atoms. The summed E-state index contributed by atoms with van der Waals surface area (Å²) in [6, 6.07) is 0.621. The first-order valence-electron chi connectivity index (χ1n) is 3.54. The Balaban J connectivity index is 3.42.